The third-order valence-corrected chi connectivity index (χ3v) is 2.39. The van der Waals surface area contributed by atoms with Crippen molar-refractivity contribution in [2.24, 2.45) is 0 Å². The highest BCUT2D eigenvalue weighted by Gasteiger charge is 2.05. The Labute approximate surface area is 99.2 Å². The average molecular weight is 321 g/mol. The summed E-state index contributed by atoms with van der Waals surface area (Å²) in [5.41, 5.74) is 6.26. The van der Waals surface area contributed by atoms with Crippen molar-refractivity contribution in [3.05, 3.63) is 33.2 Å². The van der Waals surface area contributed by atoms with Crippen LogP contribution in [0.2, 0.25) is 5.02 Å². The van der Waals surface area contributed by atoms with Gasteiger partial charge in [-0.3, -0.25) is 0 Å². The van der Waals surface area contributed by atoms with Crippen LogP contribution >= 0.6 is 34.2 Å². The van der Waals surface area contributed by atoms with Gasteiger partial charge in [-0.1, -0.05) is 11.6 Å². The molecule has 2 aromatic heterocycles. The first-order chi connectivity index (χ1) is 6.66. The second-order valence-electron chi connectivity index (χ2n) is 2.67. The number of hydrogen-bond donors (Lipinski definition) is 1. The molecular formula is C8H6ClIN4. The number of hydrogen-bond acceptors (Lipinski definition) is 3. The molecule has 0 saturated heterocycles. The van der Waals surface area contributed by atoms with Gasteiger partial charge in [0.05, 0.1) is 20.5 Å². The zero-order valence-corrected chi connectivity index (χ0v) is 9.90. The van der Waals surface area contributed by atoms with Crippen LogP contribution in [-0.2, 0) is 0 Å². The van der Waals surface area contributed by atoms with Crippen LogP contribution in [0.5, 0.6) is 0 Å². The topological polar surface area (TPSA) is 56.7 Å². The van der Waals surface area contributed by atoms with Crippen LogP contribution in [0, 0.1) is 3.57 Å². The van der Waals surface area contributed by atoms with Crippen molar-refractivity contribution in [1.29, 1.82) is 0 Å². The lowest BCUT2D eigenvalue weighted by Crippen LogP contribution is -2.02. The van der Waals surface area contributed by atoms with Crippen LogP contribution in [0.4, 0.5) is 5.69 Å². The number of pyridine rings is 1. The zero-order chi connectivity index (χ0) is 10.1. The highest BCUT2D eigenvalue weighted by Crippen LogP contribution is 2.18. The summed E-state index contributed by atoms with van der Waals surface area (Å²) in [5, 5.41) is 4.62. The second-order valence-corrected chi connectivity index (χ2v) is 4.35. The molecule has 0 spiro atoms. The third kappa shape index (κ3) is 1.83. The van der Waals surface area contributed by atoms with Gasteiger partial charge in [-0.2, -0.15) is 5.10 Å². The lowest BCUT2D eigenvalue weighted by Gasteiger charge is -2.03. The Morgan fingerprint density at radius 2 is 2.21 bits per heavy atom. The van der Waals surface area contributed by atoms with Gasteiger partial charge in [-0.25, -0.2) is 9.67 Å². The average Bonchev–Trinajstić information content (AvgIpc) is 2.51. The minimum atomic E-state index is 0.511. The molecule has 2 aromatic rings. The van der Waals surface area contributed by atoms with E-state index >= 15 is 0 Å². The zero-order valence-electron chi connectivity index (χ0n) is 6.98. The molecule has 2 heterocycles. The molecule has 0 aliphatic rings. The molecule has 0 bridgehead atoms. The maximum atomic E-state index is 5.75. The molecule has 0 unspecified atom stereocenters. The summed E-state index contributed by atoms with van der Waals surface area (Å²) in [5.74, 6) is 0.595. The van der Waals surface area contributed by atoms with Crippen LogP contribution in [-0.4, -0.2) is 14.8 Å². The van der Waals surface area contributed by atoms with E-state index in [-0.39, 0.29) is 0 Å². The van der Waals surface area contributed by atoms with Gasteiger partial charge in [-0.15, -0.1) is 0 Å². The SMILES string of the molecule is Nc1cc(Cl)cnc1-n1cc(I)cn1. The second kappa shape index (κ2) is 3.74. The van der Waals surface area contributed by atoms with E-state index in [1.165, 1.54) is 0 Å². The Kier molecular flexibility index (Phi) is 2.60. The molecule has 0 aliphatic heterocycles. The number of anilines is 1. The van der Waals surface area contributed by atoms with Crippen LogP contribution in [0.15, 0.2) is 24.7 Å². The van der Waals surface area contributed by atoms with Crippen molar-refractivity contribution in [3.8, 4) is 5.82 Å². The summed E-state index contributed by atoms with van der Waals surface area (Å²) in [7, 11) is 0. The lowest BCUT2D eigenvalue weighted by atomic mass is 10.4. The molecule has 6 heteroatoms. The Hall–Kier alpha value is -0.820. The van der Waals surface area contributed by atoms with Gasteiger partial charge in [0.25, 0.3) is 0 Å². The fraction of sp³-hybridized carbons (Fsp3) is 0. The summed E-state index contributed by atoms with van der Waals surface area (Å²) in [6.45, 7) is 0. The number of nitrogen functional groups attached to an aromatic ring is 1. The Bertz CT molecular complexity index is 468. The number of aromatic nitrogens is 3. The molecule has 14 heavy (non-hydrogen) atoms. The lowest BCUT2D eigenvalue weighted by molar-refractivity contribution is 0.850. The molecule has 0 aromatic carbocycles. The van der Waals surface area contributed by atoms with Crippen molar-refractivity contribution >= 4 is 39.9 Å². The van der Waals surface area contributed by atoms with Crippen molar-refractivity contribution in [3.63, 3.8) is 0 Å². The van der Waals surface area contributed by atoms with Crippen LogP contribution in [0.25, 0.3) is 5.82 Å². The quantitative estimate of drug-likeness (QED) is 0.819. The maximum Gasteiger partial charge on any atom is 0.176 e. The van der Waals surface area contributed by atoms with Crippen molar-refractivity contribution in [2.75, 3.05) is 5.73 Å². The minimum absolute atomic E-state index is 0.511. The van der Waals surface area contributed by atoms with Crippen LogP contribution in [0.1, 0.15) is 0 Å². The predicted molar refractivity (Wildman–Crippen MR) is 63.5 cm³/mol. The number of nitrogens with zero attached hydrogens (tertiary/aromatic N) is 3. The standard InChI is InChI=1S/C8H6ClIN4/c9-5-1-7(11)8(12-2-5)14-4-6(10)3-13-14/h1-4H,11H2. The molecule has 0 radical (unpaired) electrons. The van der Waals surface area contributed by atoms with Gasteiger partial charge in [-0.05, 0) is 28.7 Å². The number of nitrogens with two attached hydrogens (primary N) is 1. The maximum absolute atomic E-state index is 5.75. The summed E-state index contributed by atoms with van der Waals surface area (Å²) in [6.07, 6.45) is 5.12. The van der Waals surface area contributed by atoms with Gasteiger partial charge in [0.2, 0.25) is 0 Å². The first-order valence-corrected chi connectivity index (χ1v) is 5.24. The molecule has 2 N–H and O–H groups in total. The Morgan fingerprint density at radius 3 is 2.79 bits per heavy atom. The minimum Gasteiger partial charge on any atom is -0.396 e. The highest BCUT2D eigenvalue weighted by molar-refractivity contribution is 14.1. The Morgan fingerprint density at radius 1 is 1.43 bits per heavy atom. The molecule has 0 atom stereocenters. The van der Waals surface area contributed by atoms with E-state index < -0.39 is 0 Å². The summed E-state index contributed by atoms with van der Waals surface area (Å²) < 4.78 is 2.65. The smallest absolute Gasteiger partial charge is 0.176 e. The van der Waals surface area contributed by atoms with E-state index in [0.29, 0.717) is 16.5 Å². The first-order valence-electron chi connectivity index (χ1n) is 3.78. The summed E-state index contributed by atoms with van der Waals surface area (Å²) in [6, 6.07) is 1.65. The molecule has 0 aliphatic carbocycles. The van der Waals surface area contributed by atoms with E-state index in [1.807, 2.05) is 6.20 Å². The van der Waals surface area contributed by atoms with E-state index in [2.05, 4.69) is 32.7 Å². The van der Waals surface area contributed by atoms with E-state index in [4.69, 9.17) is 17.3 Å². The number of halogens is 2. The molecule has 0 amide bonds. The fourth-order valence-corrected chi connectivity index (χ4v) is 1.61. The normalized spacial score (nSPS) is 10.4. The number of rotatable bonds is 1. The van der Waals surface area contributed by atoms with Gasteiger partial charge >= 0.3 is 0 Å². The van der Waals surface area contributed by atoms with Crippen molar-refractivity contribution in [2.45, 2.75) is 0 Å². The molecule has 4 nitrogen and oxygen atoms in total. The summed E-state index contributed by atoms with van der Waals surface area (Å²) in [4.78, 5) is 4.10. The van der Waals surface area contributed by atoms with Gasteiger partial charge in [0, 0.05) is 12.4 Å². The van der Waals surface area contributed by atoms with Gasteiger partial charge in [0.1, 0.15) is 0 Å². The molecule has 0 fully saturated rings. The van der Waals surface area contributed by atoms with Crippen molar-refractivity contribution < 1.29 is 0 Å². The van der Waals surface area contributed by atoms with Crippen molar-refractivity contribution in [1.82, 2.24) is 14.8 Å². The third-order valence-electron chi connectivity index (χ3n) is 1.63. The fourth-order valence-electron chi connectivity index (χ4n) is 1.06. The van der Waals surface area contributed by atoms with Crippen LogP contribution < -0.4 is 5.73 Å². The highest BCUT2D eigenvalue weighted by atomic mass is 127. The van der Waals surface area contributed by atoms with Crippen LogP contribution in [0.3, 0.4) is 0 Å². The van der Waals surface area contributed by atoms with E-state index in [1.54, 1.807) is 23.1 Å². The van der Waals surface area contributed by atoms with E-state index in [9.17, 15) is 0 Å². The summed E-state index contributed by atoms with van der Waals surface area (Å²) >= 11 is 7.90. The predicted octanol–water partition coefficient (Wildman–Crippen LogP) is 2.11. The van der Waals surface area contributed by atoms with E-state index in [0.717, 1.165) is 3.57 Å². The molecule has 72 valence electrons. The monoisotopic (exact) mass is 320 g/mol. The largest absolute Gasteiger partial charge is 0.396 e. The molecular weight excluding hydrogens is 314 g/mol. The first kappa shape index (κ1) is 9.72. The van der Waals surface area contributed by atoms with Gasteiger partial charge in [0.15, 0.2) is 5.82 Å². The van der Waals surface area contributed by atoms with Gasteiger partial charge < -0.3 is 5.73 Å². The molecule has 2 rings (SSSR count). The molecule has 0 saturated carbocycles. The Balaban J connectivity index is 2.52.